The van der Waals surface area contributed by atoms with Crippen LogP contribution in [0.25, 0.3) is 0 Å². The summed E-state index contributed by atoms with van der Waals surface area (Å²) in [7, 11) is 0. The molecule has 2 atom stereocenters. The van der Waals surface area contributed by atoms with E-state index in [2.05, 4.69) is 29.6 Å². The van der Waals surface area contributed by atoms with E-state index in [1.54, 1.807) is 0 Å². The molecule has 0 heterocycles. The van der Waals surface area contributed by atoms with E-state index in [-0.39, 0.29) is 23.4 Å². The highest BCUT2D eigenvalue weighted by Gasteiger charge is 2.38. The van der Waals surface area contributed by atoms with Crippen molar-refractivity contribution in [3.05, 3.63) is 35.9 Å². The van der Waals surface area contributed by atoms with E-state index < -0.39 is 0 Å². The van der Waals surface area contributed by atoms with Crippen LogP contribution < -0.4 is 11.1 Å². The topological polar surface area (TPSA) is 55.1 Å². The molecule has 0 saturated heterocycles. The Morgan fingerprint density at radius 1 is 1.10 bits per heavy atom. The van der Waals surface area contributed by atoms with Gasteiger partial charge in [-0.15, -0.1) is 0 Å². The van der Waals surface area contributed by atoms with Gasteiger partial charge in [0, 0.05) is 12.0 Å². The molecule has 3 heteroatoms. The molecule has 1 amide bonds. The van der Waals surface area contributed by atoms with E-state index in [1.807, 2.05) is 6.07 Å². The third-order valence-corrected chi connectivity index (χ3v) is 5.23. The Bertz CT molecular complexity index is 479. The molecule has 0 bridgehead atoms. The van der Waals surface area contributed by atoms with Gasteiger partial charge in [0.15, 0.2) is 0 Å². The summed E-state index contributed by atoms with van der Waals surface area (Å²) in [4.78, 5) is 12.7. The average Bonchev–Trinajstić information content (AvgIpc) is 2.98. The second-order valence-electron chi connectivity index (χ2n) is 6.77. The summed E-state index contributed by atoms with van der Waals surface area (Å²) in [6, 6.07) is 10.7. The number of carbonyl (C=O) groups is 1. The number of amides is 1. The van der Waals surface area contributed by atoms with Gasteiger partial charge in [-0.25, -0.2) is 0 Å². The van der Waals surface area contributed by atoms with Crippen molar-refractivity contribution in [2.75, 3.05) is 0 Å². The van der Waals surface area contributed by atoms with Gasteiger partial charge >= 0.3 is 0 Å². The van der Waals surface area contributed by atoms with Crippen molar-refractivity contribution in [2.45, 2.75) is 62.9 Å². The minimum atomic E-state index is -0.139. The number of hydrogen-bond donors (Lipinski definition) is 2. The van der Waals surface area contributed by atoms with Gasteiger partial charge in [-0.2, -0.15) is 0 Å². The lowest BCUT2D eigenvalue weighted by Crippen LogP contribution is -2.48. The summed E-state index contributed by atoms with van der Waals surface area (Å²) < 4.78 is 0. The van der Waals surface area contributed by atoms with Gasteiger partial charge in [-0.1, -0.05) is 49.6 Å². The zero-order valence-electron chi connectivity index (χ0n) is 12.7. The molecule has 1 aromatic carbocycles. The fraction of sp³-hybridized carbons (Fsp3) is 0.611. The van der Waals surface area contributed by atoms with Crippen molar-refractivity contribution >= 4 is 5.91 Å². The molecule has 2 fully saturated rings. The summed E-state index contributed by atoms with van der Waals surface area (Å²) in [6.07, 6.45) is 8.48. The third-order valence-electron chi connectivity index (χ3n) is 5.23. The first-order chi connectivity index (χ1) is 10.2. The molecule has 1 aromatic rings. The minimum absolute atomic E-state index is 0.106. The highest BCUT2D eigenvalue weighted by Crippen LogP contribution is 2.39. The van der Waals surface area contributed by atoms with Crippen LogP contribution in [0, 0.1) is 5.92 Å². The quantitative estimate of drug-likeness (QED) is 0.897. The van der Waals surface area contributed by atoms with Crippen LogP contribution in [-0.4, -0.2) is 11.9 Å². The van der Waals surface area contributed by atoms with Crippen LogP contribution in [0.3, 0.4) is 0 Å². The third kappa shape index (κ3) is 3.13. The molecule has 3 rings (SSSR count). The monoisotopic (exact) mass is 286 g/mol. The molecule has 0 radical (unpaired) electrons. The van der Waals surface area contributed by atoms with Crippen LogP contribution in [0.1, 0.15) is 56.9 Å². The Balaban J connectivity index is 1.75. The van der Waals surface area contributed by atoms with Crippen molar-refractivity contribution in [2.24, 2.45) is 11.7 Å². The normalized spacial score (nSPS) is 28.2. The van der Waals surface area contributed by atoms with E-state index >= 15 is 0 Å². The Kier molecular flexibility index (Phi) is 4.29. The van der Waals surface area contributed by atoms with E-state index in [0.29, 0.717) is 0 Å². The van der Waals surface area contributed by atoms with E-state index in [9.17, 15) is 4.79 Å². The van der Waals surface area contributed by atoms with Gasteiger partial charge in [0.2, 0.25) is 5.91 Å². The van der Waals surface area contributed by atoms with E-state index in [4.69, 9.17) is 5.73 Å². The number of nitrogens with two attached hydrogens (primary N) is 1. The largest absolute Gasteiger partial charge is 0.346 e. The standard InChI is InChI=1S/C18H26N2O/c19-16-10-6-7-14(13-16)17(21)20-18(11-4-5-12-18)15-8-2-1-3-9-15/h1-3,8-9,14,16H,4-7,10-13,19H2,(H,20,21). The van der Waals surface area contributed by atoms with Gasteiger partial charge in [0.1, 0.15) is 0 Å². The number of carbonyl (C=O) groups excluding carboxylic acids is 1. The number of nitrogens with one attached hydrogen (secondary N) is 1. The number of rotatable bonds is 3. The number of benzene rings is 1. The molecule has 21 heavy (non-hydrogen) atoms. The molecule has 0 aromatic heterocycles. The minimum Gasteiger partial charge on any atom is -0.346 e. The summed E-state index contributed by atoms with van der Waals surface area (Å²) in [6.45, 7) is 0. The maximum Gasteiger partial charge on any atom is 0.223 e. The molecule has 114 valence electrons. The second kappa shape index (κ2) is 6.18. The maximum absolute atomic E-state index is 12.7. The summed E-state index contributed by atoms with van der Waals surface area (Å²) in [5, 5.41) is 3.40. The highest BCUT2D eigenvalue weighted by atomic mass is 16.2. The Labute approximate surface area is 127 Å². The second-order valence-corrected chi connectivity index (χ2v) is 6.77. The number of hydrogen-bond acceptors (Lipinski definition) is 2. The lowest BCUT2D eigenvalue weighted by molar-refractivity contribution is -0.128. The molecule has 0 spiro atoms. The van der Waals surface area contributed by atoms with Crippen LogP contribution in [0.5, 0.6) is 0 Å². The van der Waals surface area contributed by atoms with Crippen molar-refractivity contribution in [1.82, 2.24) is 5.32 Å². The Morgan fingerprint density at radius 2 is 1.81 bits per heavy atom. The summed E-state index contributed by atoms with van der Waals surface area (Å²) >= 11 is 0. The fourth-order valence-corrected chi connectivity index (χ4v) is 4.03. The van der Waals surface area contributed by atoms with Crippen LogP contribution in [0.2, 0.25) is 0 Å². The molecule has 0 aliphatic heterocycles. The zero-order valence-corrected chi connectivity index (χ0v) is 12.7. The smallest absolute Gasteiger partial charge is 0.223 e. The first-order valence-corrected chi connectivity index (χ1v) is 8.33. The van der Waals surface area contributed by atoms with Gasteiger partial charge in [-0.05, 0) is 37.7 Å². The summed E-state index contributed by atoms with van der Waals surface area (Å²) in [5.74, 6) is 0.325. The first-order valence-electron chi connectivity index (χ1n) is 8.33. The van der Waals surface area contributed by atoms with Gasteiger partial charge in [0.25, 0.3) is 0 Å². The van der Waals surface area contributed by atoms with Crippen LogP contribution in [-0.2, 0) is 10.3 Å². The highest BCUT2D eigenvalue weighted by molar-refractivity contribution is 5.80. The molecule has 2 saturated carbocycles. The molecular formula is C18H26N2O. The first kappa shape index (κ1) is 14.6. The van der Waals surface area contributed by atoms with Crippen molar-refractivity contribution in [3.63, 3.8) is 0 Å². The zero-order chi connectivity index (χ0) is 14.7. The van der Waals surface area contributed by atoms with Gasteiger partial charge in [0.05, 0.1) is 5.54 Å². The van der Waals surface area contributed by atoms with Gasteiger partial charge < -0.3 is 11.1 Å². The molecule has 2 aliphatic carbocycles. The van der Waals surface area contributed by atoms with E-state index in [1.165, 1.54) is 18.4 Å². The van der Waals surface area contributed by atoms with E-state index in [0.717, 1.165) is 38.5 Å². The van der Waals surface area contributed by atoms with Crippen LogP contribution in [0.4, 0.5) is 0 Å². The average molecular weight is 286 g/mol. The predicted octanol–water partition coefficient (Wildman–Crippen LogP) is 3.09. The SMILES string of the molecule is NC1CCCC(C(=O)NC2(c3ccccc3)CCCC2)C1. The lowest BCUT2D eigenvalue weighted by atomic mass is 9.83. The van der Waals surface area contributed by atoms with Crippen molar-refractivity contribution in [1.29, 1.82) is 0 Å². The maximum atomic E-state index is 12.7. The molecule has 2 unspecified atom stereocenters. The van der Waals surface area contributed by atoms with Crippen LogP contribution in [0.15, 0.2) is 30.3 Å². The predicted molar refractivity (Wildman–Crippen MR) is 84.7 cm³/mol. The molecule has 3 nitrogen and oxygen atoms in total. The molecule has 3 N–H and O–H groups in total. The van der Waals surface area contributed by atoms with Crippen molar-refractivity contribution < 1.29 is 4.79 Å². The lowest BCUT2D eigenvalue weighted by Gasteiger charge is -2.34. The van der Waals surface area contributed by atoms with Crippen molar-refractivity contribution in [3.8, 4) is 0 Å². The molecular weight excluding hydrogens is 260 g/mol. The fourth-order valence-electron chi connectivity index (χ4n) is 4.03. The Morgan fingerprint density at radius 3 is 2.48 bits per heavy atom. The van der Waals surface area contributed by atoms with Gasteiger partial charge in [-0.3, -0.25) is 4.79 Å². The Hall–Kier alpha value is -1.35. The van der Waals surface area contributed by atoms with Crippen LogP contribution >= 0.6 is 0 Å². The summed E-state index contributed by atoms with van der Waals surface area (Å²) in [5.41, 5.74) is 7.16. The molecule has 2 aliphatic rings.